The summed E-state index contributed by atoms with van der Waals surface area (Å²) in [6.45, 7) is 3.83. The van der Waals surface area contributed by atoms with Crippen LogP contribution >= 0.6 is 0 Å². The number of carbonyl (C=O) groups excluding carboxylic acids is 1. The largest absolute Gasteiger partial charge is 0.494 e. The summed E-state index contributed by atoms with van der Waals surface area (Å²) in [6, 6.07) is 3.67. The Hall–Kier alpha value is -1.43. The maximum Gasteiger partial charge on any atom is 0.177 e. The summed E-state index contributed by atoms with van der Waals surface area (Å²) < 4.78 is 41.8. The monoisotopic (exact) mass is 302 g/mol. The van der Waals surface area contributed by atoms with E-state index in [0.29, 0.717) is 6.42 Å². The zero-order valence-electron chi connectivity index (χ0n) is 11.8. The Balaban J connectivity index is 2.78. The number of carbonyl (C=O) groups is 1. The van der Waals surface area contributed by atoms with Crippen molar-refractivity contribution in [2.75, 3.05) is 18.6 Å². The van der Waals surface area contributed by atoms with E-state index >= 15 is 0 Å². The predicted octanol–water partition coefficient (Wildman–Crippen LogP) is 2.48. The Kier molecular flexibility index (Phi) is 5.68. The molecule has 0 radical (unpaired) electrons. The fourth-order valence-corrected chi connectivity index (χ4v) is 3.15. The Bertz CT molecular complexity index is 579. The van der Waals surface area contributed by atoms with Gasteiger partial charge < -0.3 is 4.74 Å². The number of hydrogen-bond donors (Lipinski definition) is 0. The van der Waals surface area contributed by atoms with E-state index in [2.05, 4.69) is 0 Å². The first-order valence-corrected chi connectivity index (χ1v) is 8.14. The summed E-state index contributed by atoms with van der Waals surface area (Å²) in [5.74, 6) is -1.64. The zero-order chi connectivity index (χ0) is 15.3. The quantitative estimate of drug-likeness (QED) is 0.726. The van der Waals surface area contributed by atoms with Crippen LogP contribution in [0.25, 0.3) is 0 Å². The maximum atomic E-state index is 13.5. The number of halogens is 1. The van der Waals surface area contributed by atoms with Crippen molar-refractivity contribution in [3.63, 3.8) is 0 Å². The second kappa shape index (κ2) is 6.83. The molecule has 0 fully saturated rings. The van der Waals surface area contributed by atoms with Crippen LogP contribution in [0.5, 0.6) is 5.75 Å². The second-order valence-corrected chi connectivity index (χ2v) is 7.23. The molecule has 0 heterocycles. The van der Waals surface area contributed by atoms with Crippen LogP contribution in [0.2, 0.25) is 0 Å². The minimum atomic E-state index is -3.46. The van der Waals surface area contributed by atoms with Crippen molar-refractivity contribution < 1.29 is 22.3 Å². The Morgan fingerprint density at radius 1 is 1.35 bits per heavy atom. The van der Waals surface area contributed by atoms with Crippen LogP contribution in [0.15, 0.2) is 18.2 Å². The minimum Gasteiger partial charge on any atom is -0.494 e. The summed E-state index contributed by atoms with van der Waals surface area (Å²) in [7, 11) is -2.14. The van der Waals surface area contributed by atoms with Gasteiger partial charge in [-0.1, -0.05) is 13.8 Å². The Morgan fingerprint density at radius 2 is 2.00 bits per heavy atom. The van der Waals surface area contributed by atoms with Crippen LogP contribution in [-0.4, -0.2) is 32.8 Å². The summed E-state index contributed by atoms with van der Waals surface area (Å²) in [4.78, 5) is 11.9. The molecule has 1 rings (SSSR count). The fourth-order valence-electron chi connectivity index (χ4n) is 1.61. The average molecular weight is 302 g/mol. The van der Waals surface area contributed by atoms with Crippen LogP contribution in [0, 0.1) is 11.7 Å². The molecular formula is C14H19FO4S. The van der Waals surface area contributed by atoms with E-state index in [1.807, 2.05) is 13.8 Å². The van der Waals surface area contributed by atoms with Gasteiger partial charge in [-0.05, 0) is 30.5 Å². The number of hydrogen-bond acceptors (Lipinski definition) is 4. The van der Waals surface area contributed by atoms with Gasteiger partial charge in [0.2, 0.25) is 0 Å². The van der Waals surface area contributed by atoms with Crippen LogP contribution in [0.3, 0.4) is 0 Å². The summed E-state index contributed by atoms with van der Waals surface area (Å²) in [5.41, 5.74) is 0.0384. The van der Waals surface area contributed by atoms with Crippen LogP contribution in [0.4, 0.5) is 4.39 Å². The van der Waals surface area contributed by atoms with Crippen molar-refractivity contribution in [3.8, 4) is 5.75 Å². The molecule has 1 aromatic rings. The number of ketones is 1. The number of rotatable bonds is 7. The van der Waals surface area contributed by atoms with Gasteiger partial charge in [-0.3, -0.25) is 4.79 Å². The van der Waals surface area contributed by atoms with E-state index in [1.54, 1.807) is 0 Å². The van der Waals surface area contributed by atoms with Gasteiger partial charge in [0.15, 0.2) is 27.2 Å². The third-order valence-corrected chi connectivity index (χ3v) is 4.39. The minimum absolute atomic E-state index is 0.0178. The predicted molar refractivity (Wildman–Crippen MR) is 75.4 cm³/mol. The third kappa shape index (κ3) is 4.92. The molecule has 0 aliphatic carbocycles. The first kappa shape index (κ1) is 16.6. The van der Waals surface area contributed by atoms with Gasteiger partial charge >= 0.3 is 0 Å². The summed E-state index contributed by atoms with van der Waals surface area (Å²) in [5, 5.41) is 0. The van der Waals surface area contributed by atoms with E-state index < -0.39 is 27.2 Å². The van der Waals surface area contributed by atoms with E-state index in [-0.39, 0.29) is 23.0 Å². The zero-order valence-corrected chi connectivity index (χ0v) is 12.7. The number of Topliss-reactive ketones (excluding diaryl/α,β-unsaturated/α-hetero) is 1. The van der Waals surface area contributed by atoms with Crippen molar-refractivity contribution in [2.24, 2.45) is 5.92 Å². The fraction of sp³-hybridized carbons (Fsp3) is 0.500. The highest BCUT2D eigenvalue weighted by Crippen LogP contribution is 2.18. The smallest absolute Gasteiger partial charge is 0.177 e. The number of benzene rings is 1. The molecule has 4 nitrogen and oxygen atoms in total. The number of ether oxygens (including phenoxy) is 1. The molecule has 1 aromatic carbocycles. The molecule has 0 spiro atoms. The summed E-state index contributed by atoms with van der Waals surface area (Å²) >= 11 is 0. The highest BCUT2D eigenvalue weighted by atomic mass is 32.2. The summed E-state index contributed by atoms with van der Waals surface area (Å²) in [6.07, 6.45) is 0.507. The van der Waals surface area contributed by atoms with Gasteiger partial charge in [-0.25, -0.2) is 12.8 Å². The standard InChI is InChI=1S/C14H19FO4S/c1-10(2)6-7-20(17,18)9-13(16)11-4-5-14(19-3)12(15)8-11/h4-5,8,10H,6-7,9H2,1-3H3. The molecule has 0 atom stereocenters. The van der Waals surface area contributed by atoms with E-state index in [9.17, 15) is 17.6 Å². The molecule has 6 heteroatoms. The molecule has 20 heavy (non-hydrogen) atoms. The van der Waals surface area contributed by atoms with Gasteiger partial charge in [0, 0.05) is 5.56 Å². The Labute approximate surface area is 118 Å². The van der Waals surface area contributed by atoms with E-state index in [4.69, 9.17) is 4.74 Å². The normalized spacial score (nSPS) is 11.7. The Morgan fingerprint density at radius 3 is 2.50 bits per heavy atom. The number of sulfone groups is 1. The molecule has 0 aliphatic rings. The molecule has 112 valence electrons. The number of methoxy groups -OCH3 is 1. The van der Waals surface area contributed by atoms with Gasteiger partial charge in [-0.2, -0.15) is 0 Å². The maximum absolute atomic E-state index is 13.5. The lowest BCUT2D eigenvalue weighted by atomic mass is 10.1. The van der Waals surface area contributed by atoms with Crippen molar-refractivity contribution in [3.05, 3.63) is 29.6 Å². The molecule has 0 amide bonds. The van der Waals surface area contributed by atoms with Crippen LogP contribution < -0.4 is 4.74 Å². The molecular weight excluding hydrogens is 283 g/mol. The highest BCUT2D eigenvalue weighted by molar-refractivity contribution is 7.92. The highest BCUT2D eigenvalue weighted by Gasteiger charge is 2.19. The van der Waals surface area contributed by atoms with Crippen molar-refractivity contribution in [1.29, 1.82) is 0 Å². The molecule has 0 aromatic heterocycles. The van der Waals surface area contributed by atoms with Crippen molar-refractivity contribution >= 4 is 15.6 Å². The lowest BCUT2D eigenvalue weighted by molar-refractivity contribution is 0.102. The van der Waals surface area contributed by atoms with E-state index in [1.165, 1.54) is 19.2 Å². The first-order chi connectivity index (χ1) is 9.25. The molecule has 0 unspecified atom stereocenters. The van der Waals surface area contributed by atoms with Crippen molar-refractivity contribution in [1.82, 2.24) is 0 Å². The SMILES string of the molecule is COc1ccc(C(=O)CS(=O)(=O)CCC(C)C)cc1F. The van der Waals surface area contributed by atoms with Gasteiger partial charge in [-0.15, -0.1) is 0 Å². The first-order valence-electron chi connectivity index (χ1n) is 6.32. The lowest BCUT2D eigenvalue weighted by Crippen LogP contribution is -2.20. The van der Waals surface area contributed by atoms with E-state index in [0.717, 1.165) is 6.07 Å². The molecule has 0 aliphatic heterocycles. The van der Waals surface area contributed by atoms with Crippen molar-refractivity contribution in [2.45, 2.75) is 20.3 Å². The third-order valence-electron chi connectivity index (χ3n) is 2.83. The van der Waals surface area contributed by atoms with Gasteiger partial charge in [0.1, 0.15) is 5.75 Å². The van der Waals surface area contributed by atoms with Crippen LogP contribution in [-0.2, 0) is 9.84 Å². The molecule has 0 saturated carbocycles. The second-order valence-electron chi connectivity index (χ2n) is 5.05. The van der Waals surface area contributed by atoms with Crippen LogP contribution in [0.1, 0.15) is 30.6 Å². The van der Waals surface area contributed by atoms with Gasteiger partial charge in [0.25, 0.3) is 0 Å². The molecule has 0 saturated heterocycles. The average Bonchev–Trinajstić information content (AvgIpc) is 2.36. The topological polar surface area (TPSA) is 60.4 Å². The molecule has 0 bridgehead atoms. The van der Waals surface area contributed by atoms with Gasteiger partial charge in [0.05, 0.1) is 12.9 Å². The molecule has 0 N–H and O–H groups in total. The lowest BCUT2D eigenvalue weighted by Gasteiger charge is -2.07.